The van der Waals surface area contributed by atoms with Crippen molar-refractivity contribution in [2.75, 3.05) is 25.2 Å². The molecule has 2 aliphatic heterocycles. The summed E-state index contributed by atoms with van der Waals surface area (Å²) in [4.78, 5) is 29.8. The molecular formula is C22H19FN2O3S2. The Morgan fingerprint density at radius 2 is 1.77 bits per heavy atom. The zero-order valence-electron chi connectivity index (χ0n) is 16.3. The number of thiocarbonyl (C=S) groups is 1. The van der Waals surface area contributed by atoms with Gasteiger partial charge in [-0.15, -0.1) is 0 Å². The standard InChI is InChI=1S/C22H19FN2O3S2/c1-28-12-6-11-24-21(27)19(30-22(24)29)18-15-8-3-5-10-17(15)25(20(18)26)13-14-7-2-4-9-16(14)23/h2-5,7-10H,6,11-13H2,1H3/b19-18+. The number of methoxy groups -OCH3 is 1. The van der Waals surface area contributed by atoms with Crippen LogP contribution in [0.1, 0.15) is 17.5 Å². The predicted molar refractivity (Wildman–Crippen MR) is 119 cm³/mol. The number of hydrogen-bond donors (Lipinski definition) is 0. The van der Waals surface area contributed by atoms with Gasteiger partial charge in [0.15, 0.2) is 0 Å². The van der Waals surface area contributed by atoms with Gasteiger partial charge in [-0.1, -0.05) is 60.4 Å². The monoisotopic (exact) mass is 442 g/mol. The summed E-state index contributed by atoms with van der Waals surface area (Å²) in [7, 11) is 1.60. The molecule has 30 heavy (non-hydrogen) atoms. The van der Waals surface area contributed by atoms with Crippen LogP contribution in [-0.2, 0) is 20.9 Å². The van der Waals surface area contributed by atoms with Gasteiger partial charge in [0.25, 0.3) is 11.8 Å². The maximum Gasteiger partial charge on any atom is 0.267 e. The van der Waals surface area contributed by atoms with Crippen LogP contribution in [-0.4, -0.2) is 41.3 Å². The molecule has 2 aliphatic rings. The molecule has 0 spiro atoms. The lowest BCUT2D eigenvalue weighted by molar-refractivity contribution is -0.122. The van der Waals surface area contributed by atoms with E-state index in [9.17, 15) is 14.0 Å². The van der Waals surface area contributed by atoms with Gasteiger partial charge in [0.1, 0.15) is 10.1 Å². The van der Waals surface area contributed by atoms with E-state index in [1.807, 2.05) is 12.1 Å². The number of rotatable bonds is 6. The predicted octanol–water partition coefficient (Wildman–Crippen LogP) is 3.98. The first-order valence-electron chi connectivity index (χ1n) is 9.44. The van der Waals surface area contributed by atoms with Crippen molar-refractivity contribution in [3.05, 3.63) is 70.4 Å². The summed E-state index contributed by atoms with van der Waals surface area (Å²) in [5.41, 5.74) is 2.06. The van der Waals surface area contributed by atoms with Crippen LogP contribution in [0.25, 0.3) is 5.57 Å². The second-order valence-corrected chi connectivity index (χ2v) is 8.52. The number of ether oxygens (including phenoxy) is 1. The molecule has 0 atom stereocenters. The molecule has 2 heterocycles. The van der Waals surface area contributed by atoms with E-state index in [-0.39, 0.29) is 24.2 Å². The van der Waals surface area contributed by atoms with Gasteiger partial charge in [-0.2, -0.15) is 0 Å². The van der Waals surface area contributed by atoms with Gasteiger partial charge in [-0.3, -0.25) is 14.5 Å². The molecule has 2 aromatic rings. The summed E-state index contributed by atoms with van der Waals surface area (Å²) in [5, 5.41) is 0. The molecule has 8 heteroatoms. The number of thioether (sulfide) groups is 1. The number of fused-ring (bicyclic) bond motifs is 1. The molecule has 5 nitrogen and oxygen atoms in total. The Hall–Kier alpha value is -2.55. The maximum absolute atomic E-state index is 14.2. The lowest BCUT2D eigenvalue weighted by atomic mass is 10.1. The van der Waals surface area contributed by atoms with E-state index in [0.29, 0.717) is 51.2 Å². The van der Waals surface area contributed by atoms with E-state index < -0.39 is 0 Å². The third-order valence-corrected chi connectivity index (χ3v) is 6.46. The molecule has 154 valence electrons. The number of amides is 2. The lowest BCUT2D eigenvalue weighted by Gasteiger charge is -2.17. The van der Waals surface area contributed by atoms with Gasteiger partial charge < -0.3 is 9.64 Å². The summed E-state index contributed by atoms with van der Waals surface area (Å²) >= 11 is 6.53. The van der Waals surface area contributed by atoms with Crippen LogP contribution in [0.3, 0.4) is 0 Å². The third-order valence-electron chi connectivity index (χ3n) is 5.02. The van der Waals surface area contributed by atoms with Crippen LogP contribution in [0, 0.1) is 5.82 Å². The van der Waals surface area contributed by atoms with Crippen molar-refractivity contribution >= 4 is 51.4 Å². The summed E-state index contributed by atoms with van der Waals surface area (Å²) in [5.74, 6) is -0.968. The van der Waals surface area contributed by atoms with Gasteiger partial charge in [-0.05, 0) is 18.6 Å². The molecule has 0 unspecified atom stereocenters. The zero-order chi connectivity index (χ0) is 21.3. The van der Waals surface area contributed by atoms with Crippen LogP contribution in [0.15, 0.2) is 53.4 Å². The SMILES string of the molecule is COCCCN1C(=O)/C(=C2\C(=O)N(Cc3ccccc3F)c3ccccc32)SC1=S. The molecule has 0 saturated carbocycles. The summed E-state index contributed by atoms with van der Waals surface area (Å²) in [6.07, 6.45) is 0.648. The fraction of sp³-hybridized carbons (Fsp3) is 0.227. The highest BCUT2D eigenvalue weighted by Crippen LogP contribution is 2.45. The highest BCUT2D eigenvalue weighted by Gasteiger charge is 2.41. The van der Waals surface area contributed by atoms with Crippen LogP contribution < -0.4 is 4.90 Å². The van der Waals surface area contributed by atoms with Gasteiger partial charge in [0.2, 0.25) is 0 Å². The van der Waals surface area contributed by atoms with Gasteiger partial charge in [0, 0.05) is 31.4 Å². The number of carbonyl (C=O) groups is 2. The first-order valence-corrected chi connectivity index (χ1v) is 10.7. The highest BCUT2D eigenvalue weighted by atomic mass is 32.2. The normalized spacial score (nSPS) is 18.5. The smallest absolute Gasteiger partial charge is 0.267 e. The van der Waals surface area contributed by atoms with E-state index in [0.717, 1.165) is 11.8 Å². The molecule has 0 bridgehead atoms. The van der Waals surface area contributed by atoms with Crippen molar-refractivity contribution in [3.63, 3.8) is 0 Å². The molecule has 2 aromatic carbocycles. The number of benzene rings is 2. The highest BCUT2D eigenvalue weighted by molar-refractivity contribution is 8.26. The van der Waals surface area contributed by atoms with E-state index in [1.165, 1.54) is 15.9 Å². The third kappa shape index (κ3) is 3.66. The molecule has 4 rings (SSSR count). The van der Waals surface area contributed by atoms with E-state index >= 15 is 0 Å². The number of halogens is 1. The molecular weight excluding hydrogens is 423 g/mol. The van der Waals surface area contributed by atoms with Crippen molar-refractivity contribution in [2.24, 2.45) is 0 Å². The summed E-state index contributed by atoms with van der Waals surface area (Å²) in [6.45, 7) is 1.03. The van der Waals surface area contributed by atoms with Crippen LogP contribution in [0.4, 0.5) is 10.1 Å². The van der Waals surface area contributed by atoms with Gasteiger partial charge in [0.05, 0.1) is 22.7 Å². The average Bonchev–Trinajstić information content (AvgIpc) is 3.17. The van der Waals surface area contributed by atoms with Crippen molar-refractivity contribution in [2.45, 2.75) is 13.0 Å². The zero-order valence-corrected chi connectivity index (χ0v) is 17.9. The minimum Gasteiger partial charge on any atom is -0.385 e. The Labute approximate surface area is 183 Å². The number of carbonyl (C=O) groups excluding carboxylic acids is 2. The Morgan fingerprint density at radius 3 is 2.53 bits per heavy atom. The van der Waals surface area contributed by atoms with E-state index in [4.69, 9.17) is 17.0 Å². The minimum atomic E-state index is -0.374. The van der Waals surface area contributed by atoms with Crippen molar-refractivity contribution in [3.8, 4) is 0 Å². The van der Waals surface area contributed by atoms with Crippen molar-refractivity contribution in [1.29, 1.82) is 0 Å². The minimum absolute atomic E-state index is 0.0835. The number of para-hydroxylation sites is 1. The quantitative estimate of drug-likeness (QED) is 0.385. The average molecular weight is 443 g/mol. The largest absolute Gasteiger partial charge is 0.385 e. The van der Waals surface area contributed by atoms with E-state index in [2.05, 4.69) is 0 Å². The number of nitrogens with zero attached hydrogens (tertiary/aromatic N) is 2. The molecule has 1 fully saturated rings. The number of hydrogen-bond acceptors (Lipinski definition) is 5. The Bertz CT molecular complexity index is 1070. The molecule has 0 N–H and O–H groups in total. The second kappa shape index (κ2) is 8.67. The Kier molecular flexibility index (Phi) is 5.99. The molecule has 0 radical (unpaired) electrons. The maximum atomic E-state index is 14.2. The van der Waals surface area contributed by atoms with Gasteiger partial charge >= 0.3 is 0 Å². The van der Waals surface area contributed by atoms with Crippen LogP contribution >= 0.6 is 24.0 Å². The molecule has 0 aliphatic carbocycles. The second-order valence-electron chi connectivity index (χ2n) is 6.88. The summed E-state index contributed by atoms with van der Waals surface area (Å²) < 4.78 is 19.7. The fourth-order valence-electron chi connectivity index (χ4n) is 3.56. The van der Waals surface area contributed by atoms with Crippen LogP contribution in [0.5, 0.6) is 0 Å². The molecule has 0 aromatic heterocycles. The van der Waals surface area contributed by atoms with E-state index in [1.54, 1.807) is 37.4 Å². The first-order chi connectivity index (χ1) is 14.5. The lowest BCUT2D eigenvalue weighted by Crippen LogP contribution is -2.30. The van der Waals surface area contributed by atoms with Crippen LogP contribution in [0.2, 0.25) is 0 Å². The van der Waals surface area contributed by atoms with Crippen molar-refractivity contribution in [1.82, 2.24) is 4.90 Å². The molecule has 1 saturated heterocycles. The van der Waals surface area contributed by atoms with Gasteiger partial charge in [-0.25, -0.2) is 4.39 Å². The fourth-order valence-corrected chi connectivity index (χ4v) is 4.94. The Balaban J connectivity index is 1.71. The van der Waals surface area contributed by atoms with Crippen molar-refractivity contribution < 1.29 is 18.7 Å². The summed E-state index contributed by atoms with van der Waals surface area (Å²) in [6, 6.07) is 13.6. The topological polar surface area (TPSA) is 49.9 Å². The molecule has 2 amide bonds. The number of anilines is 1. The Morgan fingerprint density at radius 1 is 1.03 bits per heavy atom. The first kappa shape index (κ1) is 20.7.